The number of nitro benzene ring substituents is 4. The summed E-state index contributed by atoms with van der Waals surface area (Å²) >= 11 is 6.48. The van der Waals surface area contributed by atoms with Crippen molar-refractivity contribution >= 4 is 54.6 Å². The predicted octanol–water partition coefficient (Wildman–Crippen LogP) is 8.33. The van der Waals surface area contributed by atoms with Crippen LogP contribution in [0.4, 0.5) is 22.7 Å². The molecule has 0 radical (unpaired) electrons. The van der Waals surface area contributed by atoms with Crippen LogP contribution < -0.4 is 18.9 Å². The van der Waals surface area contributed by atoms with E-state index in [0.29, 0.717) is 12.1 Å². The van der Waals surface area contributed by atoms with Gasteiger partial charge in [-0.3, -0.25) is 40.5 Å². The Morgan fingerprint density at radius 2 is 0.738 bits per heavy atom. The van der Waals surface area contributed by atoms with Crippen LogP contribution >= 0.6 is 31.9 Å². The molecule has 4 aromatic carbocycles. The van der Waals surface area contributed by atoms with Gasteiger partial charge in [-0.05, 0) is 56.1 Å². The summed E-state index contributed by atoms with van der Waals surface area (Å²) in [7, 11) is 0. The Morgan fingerprint density at radius 1 is 0.429 bits per heavy atom. The third kappa shape index (κ3) is 5.47. The van der Waals surface area contributed by atoms with E-state index >= 15 is 0 Å². The Hall–Kier alpha value is -5.36. The van der Waals surface area contributed by atoms with Crippen molar-refractivity contribution in [2.45, 2.75) is 0 Å². The molecule has 1 aliphatic heterocycles. The minimum absolute atomic E-state index is 0.0739. The largest absolute Gasteiger partial charge is 0.450 e. The van der Waals surface area contributed by atoms with Crippen LogP contribution in [-0.2, 0) is 0 Å². The number of benzene rings is 4. The van der Waals surface area contributed by atoms with Crippen LogP contribution in [-0.4, -0.2) is 19.7 Å². The summed E-state index contributed by atoms with van der Waals surface area (Å²) in [6.45, 7) is 0. The number of nitro groups is 4. The van der Waals surface area contributed by atoms with Gasteiger partial charge in [0, 0.05) is 24.3 Å². The van der Waals surface area contributed by atoms with Gasteiger partial charge >= 0.3 is 22.7 Å². The number of nitrogens with zero attached hydrogens (tertiary/aromatic N) is 4. The lowest BCUT2D eigenvalue weighted by atomic mass is 10.2. The highest BCUT2D eigenvalue weighted by molar-refractivity contribution is 9.10. The van der Waals surface area contributed by atoms with E-state index in [1.165, 1.54) is 36.4 Å². The van der Waals surface area contributed by atoms with Crippen LogP contribution in [0.2, 0.25) is 0 Å². The molecule has 0 saturated heterocycles. The first-order valence-corrected chi connectivity index (χ1v) is 12.7. The highest BCUT2D eigenvalue weighted by Crippen LogP contribution is 2.48. The molecule has 42 heavy (non-hydrogen) atoms. The molecular weight excluding hydrogens is 696 g/mol. The van der Waals surface area contributed by atoms with Crippen molar-refractivity contribution in [3.8, 4) is 46.0 Å². The third-order valence-electron chi connectivity index (χ3n) is 5.57. The van der Waals surface area contributed by atoms with E-state index in [1.807, 2.05) is 0 Å². The van der Waals surface area contributed by atoms with Gasteiger partial charge in [0.25, 0.3) is 0 Å². The molecule has 0 aromatic heterocycles. The van der Waals surface area contributed by atoms with Crippen LogP contribution in [0.3, 0.4) is 0 Å². The first-order chi connectivity index (χ1) is 19.9. The number of hydrogen-bond acceptors (Lipinski definition) is 12. The average Bonchev–Trinajstić information content (AvgIpc) is 2.91. The number of hydrogen-bond donors (Lipinski definition) is 0. The van der Waals surface area contributed by atoms with Gasteiger partial charge in [-0.25, -0.2) is 0 Å². The Labute approximate surface area is 248 Å². The van der Waals surface area contributed by atoms with Crippen molar-refractivity contribution in [1.29, 1.82) is 0 Å². The molecule has 0 atom stereocenters. The van der Waals surface area contributed by atoms with Gasteiger partial charge in [0.1, 0.15) is 35.1 Å². The van der Waals surface area contributed by atoms with Crippen molar-refractivity contribution in [1.82, 2.24) is 0 Å². The van der Waals surface area contributed by atoms with E-state index in [4.69, 9.17) is 18.9 Å². The van der Waals surface area contributed by atoms with E-state index < -0.39 is 65.4 Å². The van der Waals surface area contributed by atoms with E-state index in [-0.39, 0.29) is 31.9 Å². The van der Waals surface area contributed by atoms with E-state index in [9.17, 15) is 40.5 Å². The zero-order valence-electron chi connectivity index (χ0n) is 20.2. The van der Waals surface area contributed by atoms with Crippen molar-refractivity contribution in [2.24, 2.45) is 0 Å². The Kier molecular flexibility index (Phi) is 7.31. The van der Waals surface area contributed by atoms with Crippen molar-refractivity contribution in [2.75, 3.05) is 0 Å². The molecule has 0 amide bonds. The van der Waals surface area contributed by atoms with Gasteiger partial charge < -0.3 is 18.9 Å². The second-order valence-corrected chi connectivity index (χ2v) is 9.91. The quantitative estimate of drug-likeness (QED) is 0.128. The Bertz CT molecular complexity index is 1730. The number of halogens is 2. The summed E-state index contributed by atoms with van der Waals surface area (Å²) in [6, 6.07) is 11.2. The molecule has 212 valence electrons. The average molecular weight is 706 g/mol. The third-order valence-corrected chi connectivity index (χ3v) is 6.88. The second kappa shape index (κ2) is 10.9. The molecule has 16 nitrogen and oxygen atoms in total. The summed E-state index contributed by atoms with van der Waals surface area (Å²) in [5.41, 5.74) is -3.03. The maximum atomic E-state index is 11.8. The van der Waals surface area contributed by atoms with Crippen LogP contribution in [0, 0.1) is 40.5 Å². The molecule has 1 aliphatic rings. The van der Waals surface area contributed by atoms with Gasteiger partial charge in [-0.15, -0.1) is 0 Å². The first kappa shape index (κ1) is 28.2. The van der Waals surface area contributed by atoms with E-state index in [2.05, 4.69) is 31.9 Å². The number of rotatable bonds is 4. The number of fused-ring (bicyclic) bond motifs is 8. The van der Waals surface area contributed by atoms with Gasteiger partial charge in [0.2, 0.25) is 23.0 Å². The summed E-state index contributed by atoms with van der Waals surface area (Å²) < 4.78 is 23.4. The molecule has 0 aliphatic carbocycles. The first-order valence-electron chi connectivity index (χ1n) is 11.2. The Morgan fingerprint density at radius 3 is 1.05 bits per heavy atom. The maximum Gasteiger partial charge on any atom is 0.318 e. The highest BCUT2D eigenvalue weighted by Gasteiger charge is 2.31. The fraction of sp³-hybridized carbons (Fsp3) is 0. The van der Waals surface area contributed by atoms with Gasteiger partial charge in [-0.1, -0.05) is 0 Å². The summed E-state index contributed by atoms with van der Waals surface area (Å²) in [4.78, 5) is 43.7. The fourth-order valence-corrected chi connectivity index (χ4v) is 4.37. The molecule has 4 aromatic rings. The zero-order valence-corrected chi connectivity index (χ0v) is 23.4. The lowest BCUT2D eigenvalue weighted by molar-refractivity contribution is -0.395. The molecule has 1 heterocycles. The SMILES string of the molecule is O=[N+]([O-])c1cc([N+](=O)[O-])c2cc1Oc1ccc(Br)c(c1)Oc1cc(c([N+](=O)[O-])cc1[N+](=O)[O-])Oc1cc(ccc1Br)O2. The number of ether oxygens (including phenoxy) is 4. The zero-order chi connectivity index (χ0) is 30.3. The lowest BCUT2D eigenvalue weighted by Crippen LogP contribution is -2.01. The van der Waals surface area contributed by atoms with Crippen LogP contribution in [0.25, 0.3) is 0 Å². The fourth-order valence-electron chi connectivity index (χ4n) is 3.72. The lowest BCUT2D eigenvalue weighted by Gasteiger charge is -2.15. The molecule has 5 rings (SSSR count). The maximum absolute atomic E-state index is 11.8. The molecule has 0 N–H and O–H groups in total. The predicted molar refractivity (Wildman–Crippen MR) is 148 cm³/mol. The van der Waals surface area contributed by atoms with Crippen LogP contribution in [0.5, 0.6) is 46.0 Å². The standard InChI is InChI=1S/C24H10Br2N4O12/c25-13-3-1-11-5-19(13)41-23-10-24(18(30(37)38)8-17(23)29(35)36)42-20-6-12(2-4-14(20)26)40-22-9-21(39-11)15(27(31)32)7-16(22)28(33)34/h1-10H. The highest BCUT2D eigenvalue weighted by atomic mass is 79.9. The molecule has 0 spiro atoms. The summed E-state index contributed by atoms with van der Waals surface area (Å²) in [6.07, 6.45) is 0. The van der Waals surface area contributed by atoms with Gasteiger partial charge in [-0.2, -0.15) is 0 Å². The van der Waals surface area contributed by atoms with Crippen LogP contribution in [0.1, 0.15) is 0 Å². The van der Waals surface area contributed by atoms with Gasteiger partial charge in [0.05, 0.1) is 28.6 Å². The van der Waals surface area contributed by atoms with Crippen molar-refractivity contribution in [3.05, 3.63) is 110 Å². The normalized spacial score (nSPS) is 11.7. The van der Waals surface area contributed by atoms with Crippen molar-refractivity contribution < 1.29 is 38.6 Å². The van der Waals surface area contributed by atoms with E-state index in [0.717, 1.165) is 12.1 Å². The second-order valence-electron chi connectivity index (χ2n) is 8.20. The monoisotopic (exact) mass is 704 g/mol. The van der Waals surface area contributed by atoms with E-state index in [1.54, 1.807) is 0 Å². The summed E-state index contributed by atoms with van der Waals surface area (Å²) in [5.74, 6) is -2.09. The molecule has 18 heteroatoms. The van der Waals surface area contributed by atoms with Gasteiger partial charge in [0.15, 0.2) is 0 Å². The van der Waals surface area contributed by atoms with Crippen molar-refractivity contribution in [3.63, 3.8) is 0 Å². The molecule has 0 unspecified atom stereocenters. The smallest absolute Gasteiger partial charge is 0.318 e. The summed E-state index contributed by atoms with van der Waals surface area (Å²) in [5, 5.41) is 47.2. The molecular formula is C24H10Br2N4O12. The molecule has 0 saturated carbocycles. The topological polar surface area (TPSA) is 209 Å². The molecule has 0 fully saturated rings. The minimum Gasteiger partial charge on any atom is -0.450 e. The van der Waals surface area contributed by atoms with Crippen LogP contribution in [0.15, 0.2) is 69.6 Å². The molecule has 8 bridgehead atoms. The Balaban J connectivity index is 1.80. The minimum atomic E-state index is -0.884.